The Kier molecular flexibility index (Phi) is 66.9. The van der Waals surface area contributed by atoms with Crippen LogP contribution in [0.3, 0.4) is 0 Å². The van der Waals surface area contributed by atoms with Gasteiger partial charge in [0.2, 0.25) is 23.6 Å². The minimum absolute atomic E-state index is 0. The number of ether oxygens (including phenoxy) is 4. The number of aliphatic carboxylic acids is 3. The van der Waals surface area contributed by atoms with Gasteiger partial charge in [-0.05, 0) is 159 Å². The molecule has 0 fully saturated rings. The minimum Gasteiger partial charge on any atom is -1.00 e. The van der Waals surface area contributed by atoms with Crippen LogP contribution in [0.5, 0.6) is 0 Å². The van der Waals surface area contributed by atoms with Gasteiger partial charge in [-0.15, -0.1) is 6.42 Å². The van der Waals surface area contributed by atoms with Crippen LogP contribution >= 0.6 is 0 Å². The molecule has 0 aromatic heterocycles. The molecule has 0 radical (unpaired) electrons. The van der Waals surface area contributed by atoms with Gasteiger partial charge >= 0.3 is 127 Å². The molecule has 0 aliphatic carbocycles. The molecule has 8 rings (SSSR count). The molecule has 0 aliphatic heterocycles. The first-order chi connectivity index (χ1) is 57.2. The Balaban J connectivity index is -0.00000157. The van der Waals surface area contributed by atoms with E-state index in [0.717, 1.165) is 66.8 Å². The molecule has 4 unspecified atom stereocenters. The first kappa shape index (κ1) is 122. The van der Waals surface area contributed by atoms with Crippen LogP contribution in [0, 0.1) is 23.7 Å². The smallest absolute Gasteiger partial charge is 1.00 e. The predicted octanol–water partition coefficient (Wildman–Crippen LogP) is -0.0227. The van der Waals surface area contributed by atoms with Gasteiger partial charge in [0.05, 0.1) is 56.5 Å². The zero-order chi connectivity index (χ0) is 86.9. The summed E-state index contributed by atoms with van der Waals surface area (Å²) in [5.74, 6) is -7.53. The molecule has 8 atom stereocenters. The third kappa shape index (κ3) is 49.6. The number of carbonyl (C=O) groups excluding carboxylic acids is 11. The van der Waals surface area contributed by atoms with E-state index in [1.165, 1.54) is 0 Å². The van der Waals surface area contributed by atoms with E-state index in [0.29, 0.717) is 77.8 Å². The maximum atomic E-state index is 12.2. The van der Waals surface area contributed by atoms with Crippen molar-refractivity contribution in [3.05, 3.63) is 241 Å². The molecule has 0 spiro atoms. The number of benzene rings is 8. The van der Waals surface area contributed by atoms with Crippen LogP contribution < -0.4 is 115 Å². The van der Waals surface area contributed by atoms with Gasteiger partial charge in [-0.25, -0.2) is 0 Å². The van der Waals surface area contributed by atoms with Gasteiger partial charge in [-0.3, -0.25) is 49.4 Å². The summed E-state index contributed by atoms with van der Waals surface area (Å²) in [7, 11) is 0. The summed E-state index contributed by atoms with van der Waals surface area (Å²) in [5, 5.41) is 41.6. The molecule has 0 saturated heterocycles. The first-order valence-corrected chi connectivity index (χ1v) is 40.6. The minimum atomic E-state index is -1.27. The Morgan fingerprint density at radius 2 is 0.508 bits per heavy atom. The van der Waals surface area contributed by atoms with E-state index >= 15 is 0 Å². The van der Waals surface area contributed by atoms with Crippen LogP contribution in [-0.2, 0) is 102 Å². The molecule has 126 heavy (non-hydrogen) atoms. The van der Waals surface area contributed by atoms with E-state index in [1.807, 2.05) is 194 Å². The average molecular weight is 1820 g/mol. The second kappa shape index (κ2) is 69.4. The van der Waals surface area contributed by atoms with Crippen LogP contribution in [-0.4, -0.2) is 176 Å². The number of nitrogens with one attached hydrogen (secondary N) is 4. The summed E-state index contributed by atoms with van der Waals surface area (Å²) in [6, 6.07) is 71.4. The molecule has 8 aromatic carbocycles. The van der Waals surface area contributed by atoms with E-state index < -0.39 is 17.9 Å². The Labute approximate surface area is 827 Å². The first-order valence-electron chi connectivity index (χ1n) is 40.6. The van der Waals surface area contributed by atoms with Crippen LogP contribution in [0.15, 0.2) is 218 Å². The maximum Gasteiger partial charge on any atom is 2.00 e. The van der Waals surface area contributed by atoms with Crippen molar-refractivity contribution in [3.63, 3.8) is 0 Å². The van der Waals surface area contributed by atoms with Gasteiger partial charge in [-0.2, -0.15) is 0 Å². The summed E-state index contributed by atoms with van der Waals surface area (Å²) < 4.78 is 20.3. The van der Waals surface area contributed by atoms with Crippen molar-refractivity contribution in [1.29, 1.82) is 0 Å². The summed E-state index contributed by atoms with van der Waals surface area (Å²) >= 11 is 0. The van der Waals surface area contributed by atoms with E-state index in [1.54, 1.807) is 61.7 Å². The zero-order valence-corrected chi connectivity index (χ0v) is 81.4. The van der Waals surface area contributed by atoms with Gasteiger partial charge in [0.25, 0.3) is 0 Å². The number of carboxylic acids is 3. The number of hydrogen-bond donors (Lipinski definition) is 5. The largest absolute Gasteiger partial charge is 2.00 e. The quantitative estimate of drug-likeness (QED) is 0.0145. The maximum absolute atomic E-state index is 12.2. The molecular weight excluding hydrogens is 1700 g/mol. The number of carbonyl (C=O) groups is 11. The molecule has 4 amide bonds. The monoisotopic (exact) mass is 1820 g/mol. The number of halogens is 2. The number of rotatable bonds is 44. The third-order valence-electron chi connectivity index (χ3n) is 19.1. The molecule has 0 saturated carbocycles. The summed E-state index contributed by atoms with van der Waals surface area (Å²) in [5.41, 5.74) is 13.0. The molecule has 0 heterocycles. The Morgan fingerprint density at radius 1 is 0.317 bits per heavy atom. The molecule has 0 aliphatic rings. The van der Waals surface area contributed by atoms with Crippen LogP contribution in [0.1, 0.15) is 155 Å². The van der Waals surface area contributed by atoms with Crippen LogP contribution in [0.25, 0.3) is 44.5 Å². The fourth-order valence-electron chi connectivity index (χ4n) is 13.0. The Hall–Kier alpha value is -8.64. The molecular formula is C96H115CaCl2N4Na2O21-3. The van der Waals surface area contributed by atoms with Gasteiger partial charge in [-0.1, -0.05) is 246 Å². The second-order valence-electron chi connectivity index (χ2n) is 29.0. The number of amides is 4. The van der Waals surface area contributed by atoms with E-state index in [2.05, 4.69) is 45.5 Å². The summed E-state index contributed by atoms with van der Waals surface area (Å²) in [6.07, 6.45) is 4.47. The van der Waals surface area contributed by atoms with Crippen LogP contribution in [0.4, 0.5) is 0 Å². The van der Waals surface area contributed by atoms with Crippen LogP contribution in [0.2, 0.25) is 0 Å². The zero-order valence-electron chi connectivity index (χ0n) is 73.7. The summed E-state index contributed by atoms with van der Waals surface area (Å²) in [4.78, 5) is 139. The predicted molar refractivity (Wildman–Crippen MR) is 462 cm³/mol. The summed E-state index contributed by atoms with van der Waals surface area (Å²) in [6.45, 7) is 15.3. The molecule has 666 valence electrons. The SMILES string of the molecule is CCOC(=O)[C@H](C)CC(Cc1ccc(-c2ccccc2)cc1)NC(=O)CCC(=O)O.CCOC(=O)[C@H](C)CC(Cc1ccc(-c2ccccc2)cc1)NC(=O)CCC(=O)[O-].CCOC(=O)[C@H](C)CC(Cc1ccc(-c2ccccc2)cc1)NC(=O)CCC(=O)[O-].CCOC(=O)[C@H](C)CC(Cc1ccc(-c2ccccc2)cc1)NC(=O)CC[C-]=O.[Ca+2].[Cl-].[Cl-].[Na+].[Na+].[OH-].[OH-]. The third-order valence-corrected chi connectivity index (χ3v) is 19.1. The molecule has 25 nitrogen and oxygen atoms in total. The van der Waals surface area contributed by atoms with Crippen molar-refractivity contribution in [3.8, 4) is 44.5 Å². The molecule has 7 N–H and O–H groups in total. The van der Waals surface area contributed by atoms with E-state index in [4.69, 9.17) is 24.1 Å². The van der Waals surface area contributed by atoms with Crippen molar-refractivity contribution in [2.45, 2.75) is 182 Å². The van der Waals surface area contributed by atoms with Crippen molar-refractivity contribution in [2.75, 3.05) is 26.4 Å². The Bertz CT molecular complexity index is 4120. The van der Waals surface area contributed by atoms with E-state index in [9.17, 15) is 67.7 Å². The van der Waals surface area contributed by atoms with Gasteiger partial charge in [0, 0.05) is 61.8 Å². The number of esters is 4. The Morgan fingerprint density at radius 3 is 0.690 bits per heavy atom. The standard InChI is InChI=1S/3C24H29NO5.C24H28NO4.Ca.2ClH.2Na.2H2O/c3*1-3-30-24(29)17(2)15-21(25-22(26)13-14-23(27)28)16-18-9-11-20(12-10-18)19-7-5-4-6-8-19;1-3-29-24(28)18(2)16-22(25-23(27)10-7-15-26)17-19-11-13-21(14-12-19)20-8-5-4-6-9-20;;;;;;;/h3*4-12,17,21H,3,13-16H2,1-2H3,(H,25,26)(H,27,28);4-6,8-9,11-14,18,22H,3,7,10,16-17H2,1-2H3,(H,25,27);;2*1H;;;2*1H2/q;;;-1;+2;;;2*+1;;/p-6/t3*17-,21?;18-,22?;;;;;;;/m1111......./s1. The van der Waals surface area contributed by atoms with E-state index in [-0.39, 0.29) is 279 Å². The van der Waals surface area contributed by atoms with Crippen molar-refractivity contribution < 1.29 is 187 Å². The van der Waals surface area contributed by atoms with Gasteiger partial charge < -0.3 is 106 Å². The molecule has 30 heteroatoms. The fourth-order valence-corrected chi connectivity index (χ4v) is 13.0. The normalized spacial score (nSPS) is 11.9. The van der Waals surface area contributed by atoms with Crippen molar-refractivity contribution in [1.82, 2.24) is 21.3 Å². The van der Waals surface area contributed by atoms with Gasteiger partial charge in [0.1, 0.15) is 0 Å². The number of hydrogen-bond acceptors (Lipinski definition) is 20. The fraction of sp³-hybridized carbons (Fsp3) is 0.375. The van der Waals surface area contributed by atoms with Crippen molar-refractivity contribution >= 4 is 109 Å². The average Bonchev–Trinajstić information content (AvgIpc) is 0.867. The van der Waals surface area contributed by atoms with Crippen molar-refractivity contribution in [2.24, 2.45) is 23.7 Å². The topological polar surface area (TPSA) is 416 Å². The molecule has 0 bridgehead atoms. The van der Waals surface area contributed by atoms with Gasteiger partial charge in [0.15, 0.2) is 0 Å². The molecule has 8 aromatic rings. The second-order valence-corrected chi connectivity index (χ2v) is 29.0. The number of carboxylic acid groups (broad SMARTS) is 3.